The fourth-order valence-electron chi connectivity index (χ4n) is 3.74. The summed E-state index contributed by atoms with van der Waals surface area (Å²) in [5.41, 5.74) is 2.86. The number of fused-ring (bicyclic) bond motifs is 1. The van der Waals surface area contributed by atoms with Crippen LogP contribution in [0.1, 0.15) is 0 Å². The first-order valence-electron chi connectivity index (χ1n) is 11.7. The number of hydrogen-bond acceptors (Lipinski definition) is 9. The van der Waals surface area contributed by atoms with Gasteiger partial charge in [0, 0.05) is 49.5 Å². The van der Waals surface area contributed by atoms with Gasteiger partial charge in [0.25, 0.3) is 0 Å². The van der Waals surface area contributed by atoms with Crippen LogP contribution in [0.5, 0.6) is 5.75 Å². The van der Waals surface area contributed by atoms with Crippen molar-refractivity contribution >= 4 is 39.7 Å². The van der Waals surface area contributed by atoms with Gasteiger partial charge in [0.1, 0.15) is 12.1 Å². The van der Waals surface area contributed by atoms with Crippen LogP contribution < -0.4 is 20.3 Å². The molecule has 0 spiro atoms. The summed E-state index contributed by atoms with van der Waals surface area (Å²) in [6, 6.07) is 11.6. The second-order valence-corrected chi connectivity index (χ2v) is 8.68. The molecule has 0 fully saturated rings. The first-order chi connectivity index (χ1) is 17.9. The smallest absolute Gasteiger partial charge is 0.247 e. The zero-order valence-corrected chi connectivity index (χ0v) is 21.4. The van der Waals surface area contributed by atoms with Gasteiger partial charge in [-0.3, -0.25) is 9.78 Å². The van der Waals surface area contributed by atoms with E-state index >= 15 is 0 Å². The summed E-state index contributed by atoms with van der Waals surface area (Å²) in [5, 5.41) is 8.19. The lowest BCUT2D eigenvalue weighted by molar-refractivity contribution is -0.111. The fourth-order valence-corrected chi connectivity index (χ4v) is 3.74. The number of benzene rings is 2. The average Bonchev–Trinajstić information content (AvgIpc) is 2.91. The molecule has 0 bridgehead atoms. The highest BCUT2D eigenvalue weighted by molar-refractivity contribution is 6.02. The monoisotopic (exact) mass is 498 g/mol. The van der Waals surface area contributed by atoms with Crippen LogP contribution in [0.3, 0.4) is 0 Å². The molecule has 0 saturated heterocycles. The second-order valence-electron chi connectivity index (χ2n) is 8.68. The Morgan fingerprint density at radius 1 is 1.05 bits per heavy atom. The van der Waals surface area contributed by atoms with Gasteiger partial charge < -0.3 is 25.2 Å². The third-order valence-electron chi connectivity index (χ3n) is 5.77. The third kappa shape index (κ3) is 6.17. The van der Waals surface area contributed by atoms with Crippen molar-refractivity contribution in [1.29, 1.82) is 0 Å². The minimum Gasteiger partial charge on any atom is -0.494 e. The Morgan fingerprint density at radius 2 is 1.89 bits per heavy atom. The summed E-state index contributed by atoms with van der Waals surface area (Å²) in [6.45, 7) is 5.16. The van der Waals surface area contributed by atoms with Crippen molar-refractivity contribution in [3.63, 3.8) is 0 Å². The molecule has 4 aromatic rings. The number of pyridine rings is 1. The number of carbonyl (C=O) groups excluding carboxylic acids is 1. The molecule has 37 heavy (non-hydrogen) atoms. The quantitative estimate of drug-likeness (QED) is 0.314. The van der Waals surface area contributed by atoms with Crippen molar-refractivity contribution in [2.45, 2.75) is 0 Å². The number of rotatable bonds is 10. The molecule has 4 rings (SSSR count). The van der Waals surface area contributed by atoms with Crippen molar-refractivity contribution in [1.82, 2.24) is 24.8 Å². The summed E-state index contributed by atoms with van der Waals surface area (Å²) in [4.78, 5) is 33.8. The zero-order valence-electron chi connectivity index (χ0n) is 21.4. The van der Waals surface area contributed by atoms with Gasteiger partial charge >= 0.3 is 0 Å². The van der Waals surface area contributed by atoms with E-state index < -0.39 is 0 Å². The molecule has 0 aliphatic heterocycles. The Hall–Kier alpha value is -4.57. The number of aromatic nitrogens is 4. The number of anilines is 4. The van der Waals surface area contributed by atoms with Gasteiger partial charge in [-0.15, -0.1) is 0 Å². The predicted molar refractivity (Wildman–Crippen MR) is 147 cm³/mol. The van der Waals surface area contributed by atoms with Gasteiger partial charge in [-0.1, -0.05) is 18.7 Å². The van der Waals surface area contributed by atoms with Crippen LogP contribution in [0.15, 0.2) is 67.8 Å². The third-order valence-corrected chi connectivity index (χ3v) is 5.77. The minimum atomic E-state index is -0.313. The second kappa shape index (κ2) is 11.4. The van der Waals surface area contributed by atoms with E-state index in [1.807, 2.05) is 57.7 Å². The Labute approximate surface area is 216 Å². The van der Waals surface area contributed by atoms with Crippen LogP contribution in [-0.2, 0) is 4.79 Å². The number of nitrogens with zero attached hydrogens (tertiary/aromatic N) is 6. The van der Waals surface area contributed by atoms with Crippen molar-refractivity contribution in [3.8, 4) is 17.1 Å². The fraction of sp³-hybridized carbons (Fsp3) is 0.222. The molecule has 0 atom stereocenters. The number of likely N-dealkylation sites (N-methyl/N-ethyl adjacent to an activating group) is 2. The molecular formula is C27H30N8O2. The predicted octanol–water partition coefficient (Wildman–Crippen LogP) is 3.96. The first kappa shape index (κ1) is 25.5. The molecular weight excluding hydrogens is 468 g/mol. The highest BCUT2D eigenvalue weighted by atomic mass is 16.5. The number of ether oxygens (including phenoxy) is 1. The van der Waals surface area contributed by atoms with Crippen LogP contribution in [0.4, 0.5) is 23.0 Å². The lowest BCUT2D eigenvalue weighted by atomic mass is 10.1. The minimum absolute atomic E-state index is 0.313. The lowest BCUT2D eigenvalue weighted by Crippen LogP contribution is -2.29. The van der Waals surface area contributed by atoms with Gasteiger partial charge in [0.2, 0.25) is 11.9 Å². The first-order valence-corrected chi connectivity index (χ1v) is 11.7. The highest BCUT2D eigenvalue weighted by Gasteiger charge is 2.17. The van der Waals surface area contributed by atoms with Crippen LogP contribution in [0, 0.1) is 0 Å². The zero-order chi connectivity index (χ0) is 26.4. The van der Waals surface area contributed by atoms with E-state index in [-0.39, 0.29) is 5.91 Å². The maximum Gasteiger partial charge on any atom is 0.247 e. The molecule has 0 saturated carbocycles. The van der Waals surface area contributed by atoms with Gasteiger partial charge in [-0.05, 0) is 43.8 Å². The topological polar surface area (TPSA) is 108 Å². The Kier molecular flexibility index (Phi) is 7.89. The number of nitrogens with one attached hydrogen (secondary N) is 2. The number of amides is 1. The van der Waals surface area contributed by atoms with Gasteiger partial charge in [0.15, 0.2) is 5.82 Å². The van der Waals surface area contributed by atoms with Crippen molar-refractivity contribution in [3.05, 3.63) is 67.8 Å². The van der Waals surface area contributed by atoms with E-state index in [2.05, 4.69) is 46.9 Å². The Balaban J connectivity index is 1.67. The standard InChI is InChI=1S/C27H30N8O2/c1-6-25(36)31-21-14-22(24(37-5)15-23(21)35(4)12-11-34(2)3)32-27-30-17-29-26(33-27)19-7-8-20-16-28-10-9-18(20)13-19/h6-10,13-17H,1,11-12H2,2-5H3,(H,31,36)(H,29,30,32,33). The molecule has 0 radical (unpaired) electrons. The van der Waals surface area contributed by atoms with Gasteiger partial charge in [-0.25, -0.2) is 9.97 Å². The summed E-state index contributed by atoms with van der Waals surface area (Å²) in [5.74, 6) is 1.12. The Bertz CT molecular complexity index is 1420. The maximum atomic E-state index is 12.2. The van der Waals surface area contributed by atoms with Crippen LogP contribution in [0.2, 0.25) is 0 Å². The van der Waals surface area contributed by atoms with E-state index in [0.29, 0.717) is 28.9 Å². The van der Waals surface area contributed by atoms with Gasteiger partial charge in [0.05, 0.1) is 24.2 Å². The van der Waals surface area contributed by atoms with Crippen molar-refractivity contribution < 1.29 is 9.53 Å². The van der Waals surface area contributed by atoms with Crippen LogP contribution in [-0.4, -0.2) is 72.1 Å². The Morgan fingerprint density at radius 3 is 2.65 bits per heavy atom. The highest BCUT2D eigenvalue weighted by Crippen LogP contribution is 2.38. The average molecular weight is 499 g/mol. The molecule has 2 N–H and O–H groups in total. The number of hydrogen-bond donors (Lipinski definition) is 2. The molecule has 1 amide bonds. The van der Waals surface area contributed by atoms with E-state index in [1.165, 1.54) is 12.4 Å². The molecule has 10 nitrogen and oxygen atoms in total. The molecule has 2 aromatic carbocycles. The maximum absolute atomic E-state index is 12.2. The van der Waals surface area contributed by atoms with Crippen LogP contribution in [0.25, 0.3) is 22.2 Å². The largest absolute Gasteiger partial charge is 0.494 e. The molecule has 0 aliphatic rings. The summed E-state index contributed by atoms with van der Waals surface area (Å²) in [6.07, 6.45) is 6.26. The van der Waals surface area contributed by atoms with Crippen molar-refractivity contribution in [2.24, 2.45) is 0 Å². The van der Waals surface area contributed by atoms with Crippen LogP contribution >= 0.6 is 0 Å². The summed E-state index contributed by atoms with van der Waals surface area (Å²) >= 11 is 0. The normalized spacial score (nSPS) is 10.8. The molecule has 2 heterocycles. The molecule has 0 aliphatic carbocycles. The number of methoxy groups -OCH3 is 1. The number of carbonyl (C=O) groups is 1. The molecule has 0 unspecified atom stereocenters. The lowest BCUT2D eigenvalue weighted by Gasteiger charge is -2.26. The SMILES string of the molecule is C=CC(=O)Nc1cc(Nc2ncnc(-c3ccc4cnccc4c3)n2)c(OC)cc1N(C)CCN(C)C. The van der Waals surface area contributed by atoms with E-state index in [0.717, 1.165) is 35.1 Å². The molecule has 190 valence electrons. The van der Waals surface area contributed by atoms with E-state index in [9.17, 15) is 4.79 Å². The van der Waals surface area contributed by atoms with E-state index in [1.54, 1.807) is 19.4 Å². The van der Waals surface area contributed by atoms with E-state index in [4.69, 9.17) is 4.74 Å². The summed E-state index contributed by atoms with van der Waals surface area (Å²) in [7, 11) is 7.58. The molecule has 2 aromatic heterocycles. The summed E-state index contributed by atoms with van der Waals surface area (Å²) < 4.78 is 5.67. The van der Waals surface area contributed by atoms with Crippen molar-refractivity contribution in [2.75, 3.05) is 56.9 Å². The van der Waals surface area contributed by atoms with Gasteiger partial charge in [-0.2, -0.15) is 4.98 Å². The molecule has 10 heteroatoms.